The van der Waals surface area contributed by atoms with Crippen LogP contribution in [-0.4, -0.2) is 54.1 Å². The lowest BCUT2D eigenvalue weighted by Crippen LogP contribution is -2.37. The first-order valence-electron chi connectivity index (χ1n) is 11.1. The van der Waals surface area contributed by atoms with E-state index in [-0.39, 0.29) is 24.0 Å². The van der Waals surface area contributed by atoms with Crippen molar-refractivity contribution in [2.75, 3.05) is 32.1 Å². The van der Waals surface area contributed by atoms with Crippen molar-refractivity contribution in [3.05, 3.63) is 70.3 Å². The number of aryl methyl sites for hydroxylation is 1. The molecule has 0 bridgehead atoms. The number of aromatic amines is 1. The molecule has 4 rings (SSSR count). The molecule has 32 heavy (non-hydrogen) atoms. The van der Waals surface area contributed by atoms with Gasteiger partial charge in [0, 0.05) is 52.3 Å². The Kier molecular flexibility index (Phi) is 6.85. The fraction of sp³-hybridized carbons (Fsp3) is 0.400. The number of benzene rings is 2. The van der Waals surface area contributed by atoms with Crippen LogP contribution in [0.15, 0.2) is 53.3 Å². The molecule has 2 heterocycles. The van der Waals surface area contributed by atoms with Gasteiger partial charge in [-0.2, -0.15) is 0 Å². The number of hydrogen-bond donors (Lipinski definition) is 1. The van der Waals surface area contributed by atoms with Crippen molar-refractivity contribution in [2.24, 2.45) is 0 Å². The van der Waals surface area contributed by atoms with Crippen LogP contribution in [0.2, 0.25) is 0 Å². The Morgan fingerprint density at radius 1 is 1.16 bits per heavy atom. The van der Waals surface area contributed by atoms with E-state index >= 15 is 0 Å². The minimum atomic E-state index is -0.171. The van der Waals surface area contributed by atoms with E-state index < -0.39 is 0 Å². The number of nitrogens with one attached hydrogen (secondary N) is 1. The van der Waals surface area contributed by atoms with Gasteiger partial charge in [0.05, 0.1) is 17.0 Å². The summed E-state index contributed by atoms with van der Waals surface area (Å²) in [6.45, 7) is 1.87. The molecule has 1 N–H and O–H groups in total. The van der Waals surface area contributed by atoms with Gasteiger partial charge in [0.15, 0.2) is 0 Å². The number of rotatable bonds is 8. The first-order chi connectivity index (χ1) is 15.5. The highest BCUT2D eigenvalue weighted by molar-refractivity contribution is 5.78. The van der Waals surface area contributed by atoms with Crippen molar-refractivity contribution < 1.29 is 9.53 Å². The van der Waals surface area contributed by atoms with Gasteiger partial charge in [0.1, 0.15) is 5.82 Å². The molecule has 1 saturated heterocycles. The molecule has 7 nitrogen and oxygen atoms in total. The topological polar surface area (TPSA) is 78.5 Å². The molecule has 0 spiro atoms. The van der Waals surface area contributed by atoms with Crippen LogP contribution in [0, 0.1) is 0 Å². The van der Waals surface area contributed by atoms with Crippen LogP contribution in [0.1, 0.15) is 30.7 Å². The summed E-state index contributed by atoms with van der Waals surface area (Å²) in [4.78, 5) is 36.8. The summed E-state index contributed by atoms with van der Waals surface area (Å²) < 4.78 is 5.79. The second-order valence-electron chi connectivity index (χ2n) is 8.50. The van der Waals surface area contributed by atoms with Crippen LogP contribution < -0.4 is 10.5 Å². The number of carbonyl (C=O) groups excluding carboxylic acids is 1. The van der Waals surface area contributed by atoms with Crippen molar-refractivity contribution in [1.29, 1.82) is 0 Å². The zero-order valence-electron chi connectivity index (χ0n) is 18.7. The average Bonchev–Trinajstić information content (AvgIpc) is 3.30. The highest BCUT2D eigenvalue weighted by Crippen LogP contribution is 2.18. The maximum absolute atomic E-state index is 13.2. The Morgan fingerprint density at radius 3 is 2.66 bits per heavy atom. The molecule has 3 aromatic rings. The third-order valence-electron chi connectivity index (χ3n) is 5.86. The predicted molar refractivity (Wildman–Crippen MR) is 126 cm³/mol. The number of aromatic nitrogens is 2. The van der Waals surface area contributed by atoms with Crippen LogP contribution >= 0.6 is 0 Å². The van der Waals surface area contributed by atoms with Crippen molar-refractivity contribution in [3.8, 4) is 0 Å². The Morgan fingerprint density at radius 2 is 1.94 bits per heavy atom. The Bertz CT molecular complexity index is 1120. The van der Waals surface area contributed by atoms with Gasteiger partial charge in [-0.3, -0.25) is 9.59 Å². The summed E-state index contributed by atoms with van der Waals surface area (Å²) >= 11 is 0. The SMILES string of the molecule is CN(C)c1ccc(CN(CC2CCCO2)C(=O)CCc2nc3ccccc3c(=O)[nH]2)cc1. The second kappa shape index (κ2) is 9.96. The fourth-order valence-corrected chi connectivity index (χ4v) is 4.05. The minimum Gasteiger partial charge on any atom is -0.378 e. The maximum atomic E-state index is 13.2. The summed E-state index contributed by atoms with van der Waals surface area (Å²) in [5.41, 5.74) is 2.68. The molecule has 1 aromatic heterocycles. The number of para-hydroxylation sites is 1. The number of H-pyrrole nitrogens is 1. The number of fused-ring (bicyclic) bond motifs is 1. The van der Waals surface area contributed by atoms with Crippen LogP contribution in [0.3, 0.4) is 0 Å². The van der Waals surface area contributed by atoms with Gasteiger partial charge in [-0.15, -0.1) is 0 Å². The zero-order valence-corrected chi connectivity index (χ0v) is 18.7. The van der Waals surface area contributed by atoms with Crippen LogP contribution in [0.5, 0.6) is 0 Å². The molecule has 0 saturated carbocycles. The zero-order chi connectivity index (χ0) is 22.5. The van der Waals surface area contributed by atoms with E-state index in [4.69, 9.17) is 4.74 Å². The third kappa shape index (κ3) is 5.34. The van der Waals surface area contributed by atoms with Gasteiger partial charge < -0.3 is 19.5 Å². The van der Waals surface area contributed by atoms with Crippen molar-refractivity contribution >= 4 is 22.5 Å². The summed E-state index contributed by atoms with van der Waals surface area (Å²) in [6.07, 6.45) is 2.76. The van der Waals surface area contributed by atoms with E-state index in [9.17, 15) is 9.59 Å². The number of amides is 1. The van der Waals surface area contributed by atoms with E-state index in [1.165, 1.54) is 0 Å². The molecule has 0 aliphatic carbocycles. The van der Waals surface area contributed by atoms with E-state index in [0.717, 1.165) is 30.7 Å². The number of carbonyl (C=O) groups is 1. The number of nitrogens with zero attached hydrogens (tertiary/aromatic N) is 3. The van der Waals surface area contributed by atoms with Crippen LogP contribution in [-0.2, 0) is 22.5 Å². The van der Waals surface area contributed by atoms with Crippen LogP contribution in [0.25, 0.3) is 10.9 Å². The van der Waals surface area contributed by atoms with E-state index in [1.807, 2.05) is 37.2 Å². The van der Waals surface area contributed by atoms with E-state index in [0.29, 0.717) is 36.2 Å². The van der Waals surface area contributed by atoms with Crippen molar-refractivity contribution in [2.45, 2.75) is 38.3 Å². The molecule has 1 amide bonds. The molecule has 1 aliphatic heterocycles. The van der Waals surface area contributed by atoms with Gasteiger partial charge in [-0.25, -0.2) is 4.98 Å². The largest absolute Gasteiger partial charge is 0.378 e. The number of ether oxygens (including phenoxy) is 1. The molecule has 7 heteroatoms. The highest BCUT2D eigenvalue weighted by atomic mass is 16.5. The van der Waals surface area contributed by atoms with Crippen molar-refractivity contribution in [1.82, 2.24) is 14.9 Å². The molecular weight excluding hydrogens is 404 g/mol. The molecule has 1 fully saturated rings. The summed E-state index contributed by atoms with van der Waals surface area (Å²) in [5.74, 6) is 0.572. The standard InChI is InChI=1S/C25H30N4O3/c1-28(2)19-11-9-18(10-12-19)16-29(17-20-6-5-15-32-20)24(30)14-13-23-26-22-8-4-3-7-21(22)25(31)27-23/h3-4,7-12,20H,5-6,13-17H2,1-2H3,(H,26,27,31). The molecule has 1 aliphatic rings. The normalized spacial score (nSPS) is 15.8. The van der Waals surface area contributed by atoms with Gasteiger partial charge in [-0.05, 0) is 42.7 Å². The maximum Gasteiger partial charge on any atom is 0.258 e. The van der Waals surface area contributed by atoms with E-state index in [2.05, 4.69) is 39.1 Å². The molecule has 1 atom stereocenters. The van der Waals surface area contributed by atoms with Gasteiger partial charge in [0.25, 0.3) is 5.56 Å². The lowest BCUT2D eigenvalue weighted by Gasteiger charge is -2.26. The van der Waals surface area contributed by atoms with Gasteiger partial charge in [0.2, 0.25) is 5.91 Å². The Hall–Kier alpha value is -3.19. The lowest BCUT2D eigenvalue weighted by molar-refractivity contribution is -0.133. The second-order valence-corrected chi connectivity index (χ2v) is 8.50. The minimum absolute atomic E-state index is 0.0352. The highest BCUT2D eigenvalue weighted by Gasteiger charge is 2.23. The molecule has 1 unspecified atom stereocenters. The molecular formula is C25H30N4O3. The fourth-order valence-electron chi connectivity index (χ4n) is 4.05. The van der Waals surface area contributed by atoms with Gasteiger partial charge >= 0.3 is 0 Å². The predicted octanol–water partition coefficient (Wildman–Crippen LogP) is 3.13. The molecule has 0 radical (unpaired) electrons. The quantitative estimate of drug-likeness (QED) is 0.589. The first kappa shape index (κ1) is 22.0. The Labute approximate surface area is 188 Å². The number of hydrogen-bond acceptors (Lipinski definition) is 5. The monoisotopic (exact) mass is 434 g/mol. The Balaban J connectivity index is 1.46. The van der Waals surface area contributed by atoms with Gasteiger partial charge in [-0.1, -0.05) is 24.3 Å². The van der Waals surface area contributed by atoms with Crippen molar-refractivity contribution in [3.63, 3.8) is 0 Å². The average molecular weight is 435 g/mol. The van der Waals surface area contributed by atoms with Crippen LogP contribution in [0.4, 0.5) is 5.69 Å². The molecule has 2 aromatic carbocycles. The summed E-state index contributed by atoms with van der Waals surface area (Å²) in [6, 6.07) is 15.5. The number of anilines is 1. The smallest absolute Gasteiger partial charge is 0.258 e. The summed E-state index contributed by atoms with van der Waals surface area (Å²) in [5, 5.41) is 0.559. The third-order valence-corrected chi connectivity index (χ3v) is 5.86. The first-order valence-corrected chi connectivity index (χ1v) is 11.1. The summed E-state index contributed by atoms with van der Waals surface area (Å²) in [7, 11) is 4.01. The van der Waals surface area contributed by atoms with E-state index in [1.54, 1.807) is 6.07 Å². The lowest BCUT2D eigenvalue weighted by atomic mass is 10.1. The molecule has 168 valence electrons.